The van der Waals surface area contributed by atoms with Crippen molar-refractivity contribution in [2.75, 3.05) is 41.0 Å². The van der Waals surface area contributed by atoms with Crippen LogP contribution in [0.1, 0.15) is 23.7 Å². The van der Waals surface area contributed by atoms with Gasteiger partial charge in [-0.1, -0.05) is 6.92 Å². The second kappa shape index (κ2) is 10.3. The van der Waals surface area contributed by atoms with Crippen molar-refractivity contribution in [1.29, 1.82) is 0 Å². The monoisotopic (exact) mass is 368 g/mol. The number of benzene rings is 1. The number of nitro benzene ring substituents is 1. The molecule has 9 nitrogen and oxygen atoms in total. The Morgan fingerprint density at radius 3 is 2.50 bits per heavy atom. The van der Waals surface area contributed by atoms with Crippen LogP contribution in [0.5, 0.6) is 5.75 Å². The van der Waals surface area contributed by atoms with Crippen LogP contribution in [0.4, 0.5) is 5.69 Å². The maximum absolute atomic E-state index is 12.8. The van der Waals surface area contributed by atoms with E-state index in [1.165, 1.54) is 37.3 Å². The van der Waals surface area contributed by atoms with Crippen molar-refractivity contribution in [3.05, 3.63) is 33.9 Å². The largest absolute Gasteiger partial charge is 0.490 e. The van der Waals surface area contributed by atoms with Crippen molar-refractivity contribution in [2.24, 2.45) is 5.92 Å². The average Bonchev–Trinajstić information content (AvgIpc) is 2.65. The summed E-state index contributed by atoms with van der Waals surface area (Å²) < 4.78 is 14.6. The Kier molecular flexibility index (Phi) is 8.50. The number of nitrogens with zero attached hydrogens (tertiary/aromatic N) is 2. The lowest BCUT2D eigenvalue weighted by atomic mass is 10.1. The highest BCUT2D eigenvalue weighted by Gasteiger charge is 2.25. The third-order valence-corrected chi connectivity index (χ3v) is 3.78. The Bertz CT molecular complexity index is 648. The molecule has 0 spiro atoms. The first-order chi connectivity index (χ1) is 12.3. The van der Waals surface area contributed by atoms with Crippen LogP contribution < -0.4 is 4.74 Å². The fraction of sp³-hybridized carbons (Fsp3) is 0.529. The van der Waals surface area contributed by atoms with Gasteiger partial charge in [-0.25, -0.2) is 0 Å². The molecule has 0 N–H and O–H groups in total. The Hall–Kier alpha value is -2.68. The summed E-state index contributed by atoms with van der Waals surface area (Å²) in [5.41, 5.74) is -0.150. The Labute approximate surface area is 152 Å². The molecule has 1 atom stereocenters. The van der Waals surface area contributed by atoms with Gasteiger partial charge in [-0.2, -0.15) is 0 Å². The fourth-order valence-corrected chi connectivity index (χ4v) is 2.43. The molecule has 0 radical (unpaired) electrons. The zero-order valence-electron chi connectivity index (χ0n) is 15.4. The molecule has 0 bridgehead atoms. The van der Waals surface area contributed by atoms with Gasteiger partial charge in [0.2, 0.25) is 0 Å². The van der Waals surface area contributed by atoms with Crippen molar-refractivity contribution < 1.29 is 28.7 Å². The topological polar surface area (TPSA) is 108 Å². The molecule has 1 aromatic rings. The van der Waals surface area contributed by atoms with Gasteiger partial charge in [-0.05, 0) is 18.6 Å². The zero-order chi connectivity index (χ0) is 19.7. The molecule has 1 unspecified atom stereocenters. The number of nitro groups is 1. The van der Waals surface area contributed by atoms with Gasteiger partial charge in [0.05, 0.1) is 25.1 Å². The molecule has 1 aromatic carbocycles. The summed E-state index contributed by atoms with van der Waals surface area (Å²) >= 11 is 0. The average molecular weight is 368 g/mol. The lowest BCUT2D eigenvalue weighted by Crippen LogP contribution is -2.38. The van der Waals surface area contributed by atoms with E-state index in [1.54, 1.807) is 14.0 Å². The van der Waals surface area contributed by atoms with Gasteiger partial charge in [-0.15, -0.1) is 0 Å². The number of rotatable bonds is 10. The smallest absolute Gasteiger partial charge is 0.311 e. The van der Waals surface area contributed by atoms with Crippen LogP contribution in [-0.2, 0) is 14.3 Å². The molecular formula is C17H24N2O7. The van der Waals surface area contributed by atoms with Crippen LogP contribution in [0.3, 0.4) is 0 Å². The first-order valence-electron chi connectivity index (χ1n) is 8.04. The summed E-state index contributed by atoms with van der Waals surface area (Å²) in [5.74, 6) is -1.31. The Morgan fingerprint density at radius 2 is 1.96 bits per heavy atom. The van der Waals surface area contributed by atoms with Crippen molar-refractivity contribution in [1.82, 2.24) is 4.90 Å². The fourth-order valence-electron chi connectivity index (χ4n) is 2.43. The van der Waals surface area contributed by atoms with E-state index in [9.17, 15) is 19.7 Å². The lowest BCUT2D eigenvalue weighted by molar-refractivity contribution is -0.385. The highest BCUT2D eigenvalue weighted by Crippen LogP contribution is 2.28. The minimum atomic E-state index is -0.609. The maximum atomic E-state index is 12.8. The number of hydrogen-bond acceptors (Lipinski definition) is 7. The van der Waals surface area contributed by atoms with Gasteiger partial charge in [-0.3, -0.25) is 19.7 Å². The van der Waals surface area contributed by atoms with Gasteiger partial charge < -0.3 is 19.1 Å². The third kappa shape index (κ3) is 5.69. The van der Waals surface area contributed by atoms with Crippen molar-refractivity contribution in [2.45, 2.75) is 13.3 Å². The van der Waals surface area contributed by atoms with E-state index in [2.05, 4.69) is 0 Å². The van der Waals surface area contributed by atoms with Crippen LogP contribution in [-0.4, -0.2) is 62.7 Å². The van der Waals surface area contributed by atoms with Gasteiger partial charge in [0.1, 0.15) is 0 Å². The molecule has 1 rings (SSSR count). The normalized spacial score (nSPS) is 11.5. The van der Waals surface area contributed by atoms with Gasteiger partial charge in [0.25, 0.3) is 5.91 Å². The van der Waals surface area contributed by atoms with E-state index in [0.717, 1.165) is 0 Å². The predicted molar refractivity (Wildman–Crippen MR) is 93.2 cm³/mol. The van der Waals surface area contributed by atoms with Crippen LogP contribution in [0, 0.1) is 16.0 Å². The third-order valence-electron chi connectivity index (χ3n) is 3.78. The Balaban J connectivity index is 3.08. The summed E-state index contributed by atoms with van der Waals surface area (Å²) in [7, 11) is 4.15. The summed E-state index contributed by atoms with van der Waals surface area (Å²) in [5, 5.41) is 11.2. The highest BCUT2D eigenvalue weighted by molar-refractivity contribution is 5.95. The molecule has 144 valence electrons. The summed E-state index contributed by atoms with van der Waals surface area (Å²) in [4.78, 5) is 36.5. The molecule has 0 aliphatic heterocycles. The number of carbonyl (C=O) groups is 2. The number of amides is 1. The van der Waals surface area contributed by atoms with Crippen molar-refractivity contribution in [3.63, 3.8) is 0 Å². The second-order valence-corrected chi connectivity index (χ2v) is 5.67. The Morgan fingerprint density at radius 1 is 1.27 bits per heavy atom. The van der Waals surface area contributed by atoms with E-state index >= 15 is 0 Å². The van der Waals surface area contributed by atoms with Crippen LogP contribution >= 0.6 is 0 Å². The molecule has 0 saturated heterocycles. The number of esters is 1. The number of carbonyl (C=O) groups excluding carboxylic acids is 2. The van der Waals surface area contributed by atoms with Crippen molar-refractivity contribution >= 4 is 17.6 Å². The molecular weight excluding hydrogens is 344 g/mol. The van der Waals surface area contributed by atoms with Crippen molar-refractivity contribution in [3.8, 4) is 5.75 Å². The predicted octanol–water partition coefficient (Wildman–Crippen LogP) is 1.89. The standard InChI is InChI=1S/C17H24N2O7/c1-12(17(21)26-4)11-18(8-5-9-24-2)16(20)13-6-7-15(25-3)14(10-13)19(22)23/h6-7,10,12H,5,8-9,11H2,1-4H3. The minimum absolute atomic E-state index is 0.0698. The quantitative estimate of drug-likeness (QED) is 0.268. The molecule has 0 saturated carbocycles. The maximum Gasteiger partial charge on any atom is 0.311 e. The number of hydrogen-bond donors (Lipinski definition) is 0. The van der Waals surface area contributed by atoms with Gasteiger partial charge in [0.15, 0.2) is 5.75 Å². The molecule has 26 heavy (non-hydrogen) atoms. The number of methoxy groups -OCH3 is 3. The molecule has 0 aromatic heterocycles. The molecule has 0 fully saturated rings. The molecule has 1 amide bonds. The van der Waals surface area contributed by atoms with E-state index in [1.807, 2.05) is 0 Å². The molecule has 0 aliphatic rings. The molecule has 9 heteroatoms. The van der Waals surface area contributed by atoms with Gasteiger partial charge >= 0.3 is 11.7 Å². The van der Waals surface area contributed by atoms with E-state index < -0.39 is 22.7 Å². The minimum Gasteiger partial charge on any atom is -0.490 e. The first kappa shape index (κ1) is 21.4. The van der Waals surface area contributed by atoms with Gasteiger partial charge in [0, 0.05) is 38.4 Å². The van der Waals surface area contributed by atoms with Crippen LogP contribution in [0.25, 0.3) is 0 Å². The first-order valence-corrected chi connectivity index (χ1v) is 8.04. The molecule has 0 aliphatic carbocycles. The lowest BCUT2D eigenvalue weighted by Gasteiger charge is -2.25. The number of ether oxygens (including phenoxy) is 3. The SMILES string of the molecule is COCCCN(CC(C)C(=O)OC)C(=O)c1ccc(OC)c([N+](=O)[O-])c1. The van der Waals surface area contributed by atoms with E-state index in [-0.39, 0.29) is 23.5 Å². The highest BCUT2D eigenvalue weighted by atomic mass is 16.6. The summed E-state index contributed by atoms with van der Waals surface area (Å²) in [6.07, 6.45) is 0.564. The van der Waals surface area contributed by atoms with E-state index in [0.29, 0.717) is 19.6 Å². The summed E-state index contributed by atoms with van der Waals surface area (Å²) in [6.45, 7) is 2.57. The summed E-state index contributed by atoms with van der Waals surface area (Å²) in [6, 6.07) is 4.01. The second-order valence-electron chi connectivity index (χ2n) is 5.67. The van der Waals surface area contributed by atoms with Crippen LogP contribution in [0.2, 0.25) is 0 Å². The zero-order valence-corrected chi connectivity index (χ0v) is 15.4. The van der Waals surface area contributed by atoms with Crippen LogP contribution in [0.15, 0.2) is 18.2 Å². The van der Waals surface area contributed by atoms with E-state index in [4.69, 9.17) is 14.2 Å². The molecule has 0 heterocycles.